The van der Waals surface area contributed by atoms with Crippen molar-refractivity contribution in [2.75, 3.05) is 29.6 Å². The Kier molecular flexibility index (Phi) is 7.83. The number of carbonyl (C=O) groups excluding carboxylic acids is 2. The van der Waals surface area contributed by atoms with Crippen molar-refractivity contribution in [2.24, 2.45) is 5.92 Å². The summed E-state index contributed by atoms with van der Waals surface area (Å²) in [6, 6.07) is 12.9. The molecule has 0 spiro atoms. The highest BCUT2D eigenvalue weighted by Crippen LogP contribution is 2.46. The average Bonchev–Trinajstić information content (AvgIpc) is 3.62. The van der Waals surface area contributed by atoms with E-state index in [2.05, 4.69) is 26.2 Å². The molecule has 2 aliphatic heterocycles. The second-order valence-electron chi connectivity index (χ2n) is 9.71. The summed E-state index contributed by atoms with van der Waals surface area (Å²) in [4.78, 5) is 29.1. The lowest BCUT2D eigenvalue weighted by molar-refractivity contribution is -0.139. The van der Waals surface area contributed by atoms with Gasteiger partial charge in [0, 0.05) is 47.4 Å². The quantitative estimate of drug-likeness (QED) is 0.344. The van der Waals surface area contributed by atoms with Gasteiger partial charge in [0.15, 0.2) is 5.60 Å². The lowest BCUT2D eigenvalue weighted by Crippen LogP contribution is -2.44. The van der Waals surface area contributed by atoms with E-state index in [1.165, 1.54) is 0 Å². The van der Waals surface area contributed by atoms with Gasteiger partial charge >= 0.3 is 6.09 Å². The Labute approximate surface area is 234 Å². The molecule has 10 nitrogen and oxygen atoms in total. The van der Waals surface area contributed by atoms with E-state index in [0.29, 0.717) is 49.5 Å². The molecule has 2 N–H and O–H groups in total. The number of aliphatic hydroxyl groups is 2. The first-order chi connectivity index (χ1) is 18.8. The molecule has 3 aromatic rings. The lowest BCUT2D eigenvalue weighted by atomic mass is 9.83. The third-order valence-corrected chi connectivity index (χ3v) is 7.61. The molecule has 0 aliphatic carbocycles. The molecule has 5 rings (SSSR count). The minimum Gasteiger partial charge on any atom is -0.447 e. The van der Waals surface area contributed by atoms with Crippen molar-refractivity contribution in [1.82, 2.24) is 15.0 Å². The molecule has 0 radical (unpaired) electrons. The first-order valence-corrected chi connectivity index (χ1v) is 13.6. The number of fused-ring (bicyclic) bond motifs is 1. The zero-order valence-electron chi connectivity index (χ0n) is 21.5. The molecule has 2 aromatic carbocycles. The van der Waals surface area contributed by atoms with Gasteiger partial charge in [-0.3, -0.25) is 14.4 Å². The molecule has 0 unspecified atom stereocenters. The van der Waals surface area contributed by atoms with E-state index < -0.39 is 17.4 Å². The SMILES string of the molecule is C[C@@H](/C=C/CCn1cc(CCO)nn1)[C@]1(O)C(=O)N(Cc2cccc(N3CCOC3=O)c2)c2ccc(Br)cc21. The topological polar surface area (TPSA) is 121 Å². The summed E-state index contributed by atoms with van der Waals surface area (Å²) in [5, 5.41) is 29.0. The Balaban J connectivity index is 1.34. The zero-order valence-corrected chi connectivity index (χ0v) is 23.1. The van der Waals surface area contributed by atoms with Crippen molar-refractivity contribution < 1.29 is 24.5 Å². The minimum absolute atomic E-state index is 0.0237. The van der Waals surface area contributed by atoms with Gasteiger partial charge in [0.1, 0.15) is 6.61 Å². The van der Waals surface area contributed by atoms with E-state index in [9.17, 15) is 14.7 Å². The Morgan fingerprint density at radius 3 is 2.85 bits per heavy atom. The minimum atomic E-state index is -1.74. The number of aliphatic hydroxyl groups excluding tert-OH is 1. The Bertz CT molecular complexity index is 1410. The van der Waals surface area contributed by atoms with Crippen LogP contribution in [0.4, 0.5) is 16.2 Å². The van der Waals surface area contributed by atoms with Gasteiger partial charge < -0.3 is 19.8 Å². The second kappa shape index (κ2) is 11.3. The molecular formula is C28H30BrN5O5. The number of rotatable bonds is 10. The molecule has 2 amide bonds. The van der Waals surface area contributed by atoms with Gasteiger partial charge in [0.05, 0.1) is 24.5 Å². The molecule has 2 aliphatic rings. The van der Waals surface area contributed by atoms with Crippen molar-refractivity contribution in [3.63, 3.8) is 0 Å². The number of aryl methyl sites for hydroxylation is 1. The number of anilines is 2. The van der Waals surface area contributed by atoms with Crippen LogP contribution in [0.1, 0.15) is 30.2 Å². The van der Waals surface area contributed by atoms with Crippen LogP contribution in [0.5, 0.6) is 0 Å². The molecule has 1 aromatic heterocycles. The first kappa shape index (κ1) is 27.0. The number of cyclic esters (lactones) is 1. The van der Waals surface area contributed by atoms with Crippen molar-refractivity contribution in [3.05, 3.63) is 82.1 Å². The molecular weight excluding hydrogens is 566 g/mol. The van der Waals surface area contributed by atoms with Crippen molar-refractivity contribution in [3.8, 4) is 0 Å². The number of carbonyl (C=O) groups is 2. The maximum atomic E-state index is 13.9. The fraction of sp³-hybridized carbons (Fsp3) is 0.357. The van der Waals surface area contributed by atoms with Crippen LogP contribution in [0.2, 0.25) is 0 Å². The summed E-state index contributed by atoms with van der Waals surface area (Å²) < 4.78 is 7.54. The third kappa shape index (κ3) is 5.34. The van der Waals surface area contributed by atoms with Crippen molar-refractivity contribution >= 4 is 39.3 Å². The molecule has 39 heavy (non-hydrogen) atoms. The number of amides is 2. The Morgan fingerprint density at radius 2 is 2.08 bits per heavy atom. The van der Waals surface area contributed by atoms with Gasteiger partial charge in [-0.1, -0.05) is 52.4 Å². The van der Waals surface area contributed by atoms with Crippen LogP contribution in [0, 0.1) is 5.92 Å². The Hall–Kier alpha value is -3.54. The van der Waals surface area contributed by atoms with Crippen LogP contribution in [0.3, 0.4) is 0 Å². The van der Waals surface area contributed by atoms with E-state index in [4.69, 9.17) is 9.84 Å². The number of nitrogens with zero attached hydrogens (tertiary/aromatic N) is 5. The van der Waals surface area contributed by atoms with Gasteiger partial charge in [-0.25, -0.2) is 4.79 Å². The predicted molar refractivity (Wildman–Crippen MR) is 148 cm³/mol. The highest BCUT2D eigenvalue weighted by atomic mass is 79.9. The molecule has 1 saturated heterocycles. The maximum absolute atomic E-state index is 13.9. The summed E-state index contributed by atoms with van der Waals surface area (Å²) in [7, 11) is 0. The first-order valence-electron chi connectivity index (χ1n) is 12.9. The van der Waals surface area contributed by atoms with Gasteiger partial charge in [0.2, 0.25) is 0 Å². The van der Waals surface area contributed by atoms with Crippen molar-refractivity contribution in [2.45, 2.75) is 38.5 Å². The van der Waals surface area contributed by atoms with Crippen LogP contribution >= 0.6 is 15.9 Å². The molecule has 0 saturated carbocycles. The summed E-state index contributed by atoms with van der Waals surface area (Å²) in [6.07, 6.45) is 6.30. The fourth-order valence-corrected chi connectivity index (χ4v) is 5.39. The van der Waals surface area contributed by atoms with Gasteiger partial charge in [-0.2, -0.15) is 0 Å². The average molecular weight is 596 g/mol. The molecule has 1 fully saturated rings. The number of allylic oxidation sites excluding steroid dienone is 1. The van der Waals surface area contributed by atoms with Crippen LogP contribution < -0.4 is 9.80 Å². The number of benzene rings is 2. The fourth-order valence-electron chi connectivity index (χ4n) is 5.03. The second-order valence-corrected chi connectivity index (χ2v) is 10.6. The van der Waals surface area contributed by atoms with Gasteiger partial charge in [0.25, 0.3) is 5.91 Å². The maximum Gasteiger partial charge on any atom is 0.414 e. The summed E-state index contributed by atoms with van der Waals surface area (Å²) in [5.74, 6) is -0.905. The number of hydrogen-bond donors (Lipinski definition) is 2. The summed E-state index contributed by atoms with van der Waals surface area (Å²) in [6.45, 7) is 3.51. The number of ether oxygens (including phenoxy) is 1. The highest BCUT2D eigenvalue weighted by molar-refractivity contribution is 9.10. The molecule has 2 atom stereocenters. The largest absolute Gasteiger partial charge is 0.447 e. The predicted octanol–water partition coefficient (Wildman–Crippen LogP) is 3.55. The standard InChI is InChI=1S/C28H30BrN5O5/c1-19(5-2-3-11-32-18-22(10-13-35)30-31-32)28(38)24-16-21(29)8-9-25(24)34(26(28)36)17-20-6-4-7-23(15-20)33-12-14-39-27(33)37/h2,4-9,15-16,18-19,35,38H,3,10-14,17H2,1H3/b5-2+/t19-,28+/m0/s1. The lowest BCUT2D eigenvalue weighted by Gasteiger charge is -2.28. The Morgan fingerprint density at radius 1 is 1.23 bits per heavy atom. The van der Waals surface area contributed by atoms with Gasteiger partial charge in [-0.05, 0) is 42.3 Å². The number of halogens is 1. The normalized spacial score (nSPS) is 19.7. The van der Waals surface area contributed by atoms with Gasteiger partial charge in [-0.15, -0.1) is 5.10 Å². The molecule has 11 heteroatoms. The molecule has 204 valence electrons. The smallest absolute Gasteiger partial charge is 0.414 e. The van der Waals surface area contributed by atoms with E-state index in [-0.39, 0.29) is 19.2 Å². The summed E-state index contributed by atoms with van der Waals surface area (Å²) in [5.41, 5.74) is 1.72. The molecule has 3 heterocycles. The van der Waals surface area contributed by atoms with Crippen LogP contribution in [-0.2, 0) is 34.6 Å². The van der Waals surface area contributed by atoms with Crippen molar-refractivity contribution in [1.29, 1.82) is 0 Å². The van der Waals surface area contributed by atoms with E-state index >= 15 is 0 Å². The number of aromatic nitrogens is 3. The van der Waals surface area contributed by atoms with Crippen LogP contribution in [0.25, 0.3) is 0 Å². The van der Waals surface area contributed by atoms with E-state index in [1.807, 2.05) is 55.5 Å². The monoisotopic (exact) mass is 595 g/mol. The van der Waals surface area contributed by atoms with Crippen LogP contribution in [-0.4, -0.2) is 57.0 Å². The van der Waals surface area contributed by atoms with Crippen LogP contribution in [0.15, 0.2) is 65.3 Å². The third-order valence-electron chi connectivity index (χ3n) is 7.12. The van der Waals surface area contributed by atoms with E-state index in [1.54, 1.807) is 26.7 Å². The number of hydrogen-bond acceptors (Lipinski definition) is 7. The molecule has 0 bridgehead atoms. The van der Waals surface area contributed by atoms with E-state index in [0.717, 1.165) is 15.7 Å². The zero-order chi connectivity index (χ0) is 27.6. The summed E-state index contributed by atoms with van der Waals surface area (Å²) >= 11 is 3.49. The highest BCUT2D eigenvalue weighted by Gasteiger charge is 2.52.